The van der Waals surface area contributed by atoms with Gasteiger partial charge in [0.1, 0.15) is 5.82 Å². The zero-order chi connectivity index (χ0) is 14.5. The van der Waals surface area contributed by atoms with Crippen molar-refractivity contribution in [3.63, 3.8) is 0 Å². The lowest BCUT2D eigenvalue weighted by atomic mass is 10.1. The second kappa shape index (κ2) is 7.75. The number of amides is 1. The molecule has 2 aromatic rings. The summed E-state index contributed by atoms with van der Waals surface area (Å²) in [6.07, 6.45) is 2.07. The molecule has 0 aliphatic heterocycles. The number of aromatic amines is 1. The zero-order valence-electron chi connectivity index (χ0n) is 11.6. The highest BCUT2D eigenvalue weighted by molar-refractivity contribution is 5.99. The molecule has 0 spiro atoms. The second-order valence-corrected chi connectivity index (χ2v) is 4.66. The van der Waals surface area contributed by atoms with Crippen LogP contribution in [0.4, 0.5) is 4.39 Å². The molecule has 5 nitrogen and oxygen atoms in total. The Hall–Kier alpha value is -1.92. The van der Waals surface area contributed by atoms with Crippen molar-refractivity contribution in [2.45, 2.75) is 19.4 Å². The summed E-state index contributed by atoms with van der Waals surface area (Å²) >= 11 is 0. The summed E-state index contributed by atoms with van der Waals surface area (Å²) in [5, 5.41) is 9.24. The van der Waals surface area contributed by atoms with Gasteiger partial charge in [0.15, 0.2) is 0 Å². The molecule has 0 saturated heterocycles. The first kappa shape index (κ1) is 17.1. The molecule has 4 N–H and O–H groups in total. The van der Waals surface area contributed by atoms with Crippen molar-refractivity contribution in [2.75, 3.05) is 6.54 Å². The predicted octanol–water partition coefficient (Wildman–Crippen LogP) is 2.10. The van der Waals surface area contributed by atoms with Gasteiger partial charge in [-0.2, -0.15) is 5.10 Å². The number of nitrogens with zero attached hydrogens (tertiary/aromatic N) is 1. The third-order valence-electron chi connectivity index (χ3n) is 2.91. The van der Waals surface area contributed by atoms with E-state index in [0.717, 1.165) is 0 Å². The van der Waals surface area contributed by atoms with Gasteiger partial charge < -0.3 is 11.1 Å². The quantitative estimate of drug-likeness (QED) is 0.790. The molecule has 21 heavy (non-hydrogen) atoms. The average Bonchev–Trinajstić information content (AvgIpc) is 2.87. The van der Waals surface area contributed by atoms with E-state index in [1.54, 1.807) is 18.2 Å². The van der Waals surface area contributed by atoms with Crippen LogP contribution in [0, 0.1) is 5.82 Å². The van der Waals surface area contributed by atoms with E-state index in [0.29, 0.717) is 29.8 Å². The summed E-state index contributed by atoms with van der Waals surface area (Å²) in [5.74, 6) is -0.695. The number of aromatic nitrogens is 2. The van der Waals surface area contributed by atoms with Gasteiger partial charge in [0.05, 0.1) is 17.5 Å². The van der Waals surface area contributed by atoms with Crippen molar-refractivity contribution in [3.8, 4) is 11.3 Å². The molecule has 1 unspecified atom stereocenters. The van der Waals surface area contributed by atoms with Gasteiger partial charge in [0.2, 0.25) is 0 Å². The first-order chi connectivity index (χ1) is 9.59. The van der Waals surface area contributed by atoms with Crippen molar-refractivity contribution >= 4 is 18.3 Å². The van der Waals surface area contributed by atoms with Crippen LogP contribution in [0.1, 0.15) is 23.7 Å². The molecule has 114 valence electrons. The molecule has 1 atom stereocenters. The minimum Gasteiger partial charge on any atom is -0.352 e. The standard InChI is InChI=1S/C14H17FN4O.ClH/c1-9(16)6-7-17-14(20)11-8-18-19-13(11)10-4-2-3-5-12(10)15;/h2-5,8-9H,6-7,16H2,1H3,(H,17,20)(H,18,19);1H. The summed E-state index contributed by atoms with van der Waals surface area (Å²) in [7, 11) is 0. The van der Waals surface area contributed by atoms with Gasteiger partial charge in [0.25, 0.3) is 5.91 Å². The van der Waals surface area contributed by atoms with Crippen molar-refractivity contribution in [1.29, 1.82) is 0 Å². The molecular formula is C14H18ClFN4O. The number of benzene rings is 1. The van der Waals surface area contributed by atoms with Crippen molar-refractivity contribution in [3.05, 3.63) is 41.8 Å². The van der Waals surface area contributed by atoms with Crippen molar-refractivity contribution in [2.24, 2.45) is 5.73 Å². The Morgan fingerprint density at radius 2 is 2.19 bits per heavy atom. The molecule has 0 radical (unpaired) electrons. The summed E-state index contributed by atoms with van der Waals surface area (Å²) < 4.78 is 13.8. The molecule has 1 aromatic heterocycles. The maximum atomic E-state index is 13.8. The fourth-order valence-corrected chi connectivity index (χ4v) is 1.84. The predicted molar refractivity (Wildman–Crippen MR) is 81.8 cm³/mol. The van der Waals surface area contributed by atoms with E-state index < -0.39 is 5.82 Å². The SMILES string of the molecule is CC(N)CCNC(=O)c1cn[nH]c1-c1ccccc1F.Cl. The Kier molecular flexibility index (Phi) is 6.33. The van der Waals surface area contributed by atoms with Crippen LogP contribution in [0.5, 0.6) is 0 Å². The van der Waals surface area contributed by atoms with Gasteiger partial charge >= 0.3 is 0 Å². The van der Waals surface area contributed by atoms with E-state index in [4.69, 9.17) is 5.73 Å². The maximum Gasteiger partial charge on any atom is 0.255 e. The molecule has 7 heteroatoms. The Balaban J connectivity index is 0.00000220. The van der Waals surface area contributed by atoms with Gasteiger partial charge in [-0.05, 0) is 25.5 Å². The van der Waals surface area contributed by atoms with Crippen molar-refractivity contribution in [1.82, 2.24) is 15.5 Å². The van der Waals surface area contributed by atoms with Gasteiger partial charge in [-0.25, -0.2) is 4.39 Å². The number of carbonyl (C=O) groups excluding carboxylic acids is 1. The molecule has 0 aliphatic rings. The van der Waals surface area contributed by atoms with Crippen molar-refractivity contribution < 1.29 is 9.18 Å². The van der Waals surface area contributed by atoms with Crippen LogP contribution in [0.15, 0.2) is 30.5 Å². The minimum atomic E-state index is -0.401. The Labute approximate surface area is 128 Å². The zero-order valence-corrected chi connectivity index (χ0v) is 12.4. The van der Waals surface area contributed by atoms with Gasteiger partial charge in [-0.1, -0.05) is 12.1 Å². The second-order valence-electron chi connectivity index (χ2n) is 4.66. The van der Waals surface area contributed by atoms with Crippen LogP contribution < -0.4 is 11.1 Å². The molecule has 0 bridgehead atoms. The molecule has 1 heterocycles. The summed E-state index contributed by atoms with van der Waals surface area (Å²) in [6, 6.07) is 6.26. The van der Waals surface area contributed by atoms with E-state index in [9.17, 15) is 9.18 Å². The fourth-order valence-electron chi connectivity index (χ4n) is 1.84. The first-order valence-corrected chi connectivity index (χ1v) is 6.41. The molecule has 1 aromatic carbocycles. The normalized spacial score (nSPS) is 11.6. The van der Waals surface area contributed by atoms with E-state index in [1.807, 2.05) is 6.92 Å². The summed E-state index contributed by atoms with van der Waals surface area (Å²) in [6.45, 7) is 2.34. The number of hydrogen-bond acceptors (Lipinski definition) is 3. The lowest BCUT2D eigenvalue weighted by Gasteiger charge is -2.08. The maximum absolute atomic E-state index is 13.8. The minimum absolute atomic E-state index is 0. The number of carbonyl (C=O) groups is 1. The van der Waals surface area contributed by atoms with E-state index >= 15 is 0 Å². The van der Waals surface area contributed by atoms with Gasteiger partial charge in [0, 0.05) is 18.2 Å². The Bertz CT molecular complexity index is 600. The number of halogens is 2. The van der Waals surface area contributed by atoms with Crippen LogP contribution in [-0.4, -0.2) is 28.7 Å². The highest BCUT2D eigenvalue weighted by Crippen LogP contribution is 2.23. The van der Waals surface area contributed by atoms with Crippen LogP contribution in [0.3, 0.4) is 0 Å². The smallest absolute Gasteiger partial charge is 0.255 e. The lowest BCUT2D eigenvalue weighted by molar-refractivity contribution is 0.0953. The summed E-state index contributed by atoms with van der Waals surface area (Å²) in [5.41, 5.74) is 6.64. The molecule has 0 fully saturated rings. The van der Waals surface area contributed by atoms with Gasteiger partial charge in [-0.3, -0.25) is 9.89 Å². The van der Waals surface area contributed by atoms with Crippen LogP contribution in [0.2, 0.25) is 0 Å². The van der Waals surface area contributed by atoms with E-state index in [-0.39, 0.29) is 24.4 Å². The van der Waals surface area contributed by atoms with E-state index in [1.165, 1.54) is 12.3 Å². The van der Waals surface area contributed by atoms with Crippen LogP contribution in [-0.2, 0) is 0 Å². The third-order valence-corrected chi connectivity index (χ3v) is 2.91. The number of nitrogens with two attached hydrogens (primary N) is 1. The van der Waals surface area contributed by atoms with Gasteiger partial charge in [-0.15, -0.1) is 12.4 Å². The average molecular weight is 313 g/mol. The molecular weight excluding hydrogens is 295 g/mol. The Morgan fingerprint density at radius 1 is 1.48 bits per heavy atom. The highest BCUT2D eigenvalue weighted by atomic mass is 35.5. The number of H-pyrrole nitrogens is 1. The number of rotatable bonds is 5. The molecule has 0 saturated carbocycles. The largest absolute Gasteiger partial charge is 0.352 e. The topological polar surface area (TPSA) is 83.8 Å². The first-order valence-electron chi connectivity index (χ1n) is 6.41. The van der Waals surface area contributed by atoms with E-state index in [2.05, 4.69) is 15.5 Å². The van der Waals surface area contributed by atoms with Crippen LogP contribution in [0.25, 0.3) is 11.3 Å². The molecule has 2 rings (SSSR count). The highest BCUT2D eigenvalue weighted by Gasteiger charge is 2.17. The monoisotopic (exact) mass is 312 g/mol. The number of hydrogen-bond donors (Lipinski definition) is 3. The Morgan fingerprint density at radius 3 is 2.86 bits per heavy atom. The fraction of sp³-hybridized carbons (Fsp3) is 0.286. The summed E-state index contributed by atoms with van der Waals surface area (Å²) in [4.78, 5) is 12.1. The molecule has 0 aliphatic carbocycles. The molecule has 1 amide bonds. The lowest BCUT2D eigenvalue weighted by Crippen LogP contribution is -2.29. The van der Waals surface area contributed by atoms with Crippen LogP contribution >= 0.6 is 12.4 Å². The number of nitrogens with one attached hydrogen (secondary N) is 2. The third kappa shape index (κ3) is 4.27.